The van der Waals surface area contributed by atoms with Crippen molar-refractivity contribution in [3.63, 3.8) is 0 Å². The van der Waals surface area contributed by atoms with Crippen molar-refractivity contribution in [1.82, 2.24) is 10.2 Å². The molecule has 0 aliphatic carbocycles. The first-order valence-corrected chi connectivity index (χ1v) is 11.0. The number of rotatable bonds is 11. The molecule has 0 aliphatic heterocycles. The Balaban J connectivity index is 1.61. The van der Waals surface area contributed by atoms with Crippen molar-refractivity contribution in [3.8, 4) is 0 Å². The molecule has 4 heteroatoms. The van der Waals surface area contributed by atoms with Crippen molar-refractivity contribution in [2.75, 3.05) is 19.7 Å². The van der Waals surface area contributed by atoms with Gasteiger partial charge in [-0.1, -0.05) is 98.8 Å². The molecule has 0 bridgehead atoms. The van der Waals surface area contributed by atoms with Crippen LogP contribution in [-0.2, 0) is 22.6 Å². The third-order valence-electron chi connectivity index (χ3n) is 5.47. The number of nitrogens with zero attached hydrogens (tertiary/aromatic N) is 1. The van der Waals surface area contributed by atoms with Gasteiger partial charge in [-0.15, -0.1) is 0 Å². The number of nitrogens with one attached hydrogen (secondary N) is 1. The van der Waals surface area contributed by atoms with Gasteiger partial charge in [0.25, 0.3) is 0 Å². The third-order valence-corrected chi connectivity index (χ3v) is 5.47. The molecule has 0 radical (unpaired) electrons. The lowest BCUT2D eigenvalue weighted by Gasteiger charge is -2.21. The molecule has 4 nitrogen and oxygen atoms in total. The summed E-state index contributed by atoms with van der Waals surface area (Å²) in [5.41, 5.74) is 4.46. The first-order valence-electron chi connectivity index (χ1n) is 11.0. The average Bonchev–Trinajstić information content (AvgIpc) is 2.83. The lowest BCUT2D eigenvalue weighted by atomic mass is 10.0. The SMILES string of the molecule is CCN(CC)Cc1ccccc1CNC(=O)COC(c1ccccc1)c1ccccc1. The highest BCUT2D eigenvalue weighted by atomic mass is 16.5. The van der Waals surface area contributed by atoms with Gasteiger partial charge in [-0.05, 0) is 35.3 Å². The van der Waals surface area contributed by atoms with Crippen LogP contribution in [0.4, 0.5) is 0 Å². The monoisotopic (exact) mass is 416 g/mol. The fourth-order valence-corrected chi connectivity index (χ4v) is 3.62. The summed E-state index contributed by atoms with van der Waals surface area (Å²) in [6, 6.07) is 28.3. The summed E-state index contributed by atoms with van der Waals surface area (Å²) in [7, 11) is 0. The van der Waals surface area contributed by atoms with Crippen LogP contribution in [0, 0.1) is 0 Å². The first-order chi connectivity index (χ1) is 15.2. The van der Waals surface area contributed by atoms with Crippen LogP contribution in [0.25, 0.3) is 0 Å². The maximum Gasteiger partial charge on any atom is 0.246 e. The van der Waals surface area contributed by atoms with E-state index in [2.05, 4.69) is 42.3 Å². The summed E-state index contributed by atoms with van der Waals surface area (Å²) in [6.45, 7) is 7.74. The van der Waals surface area contributed by atoms with Crippen molar-refractivity contribution < 1.29 is 9.53 Å². The second-order valence-electron chi connectivity index (χ2n) is 7.52. The van der Waals surface area contributed by atoms with Gasteiger partial charge in [-0.2, -0.15) is 0 Å². The van der Waals surface area contributed by atoms with Crippen LogP contribution in [0.3, 0.4) is 0 Å². The van der Waals surface area contributed by atoms with Crippen LogP contribution in [0.5, 0.6) is 0 Å². The summed E-state index contributed by atoms with van der Waals surface area (Å²) in [5.74, 6) is -0.116. The molecule has 0 saturated heterocycles. The summed E-state index contributed by atoms with van der Waals surface area (Å²) in [6.07, 6.45) is -0.275. The zero-order chi connectivity index (χ0) is 21.9. The zero-order valence-electron chi connectivity index (χ0n) is 18.5. The number of amides is 1. The molecular formula is C27H32N2O2. The molecule has 0 atom stereocenters. The van der Waals surface area contributed by atoms with E-state index < -0.39 is 0 Å². The molecule has 1 N–H and O–H groups in total. The maximum atomic E-state index is 12.6. The smallest absolute Gasteiger partial charge is 0.246 e. The fraction of sp³-hybridized carbons (Fsp3) is 0.296. The molecule has 1 amide bonds. The van der Waals surface area contributed by atoms with Gasteiger partial charge in [-0.25, -0.2) is 0 Å². The molecule has 0 spiro atoms. The number of carbonyl (C=O) groups is 1. The number of carbonyl (C=O) groups excluding carboxylic acids is 1. The quantitative estimate of drug-likeness (QED) is 0.481. The Bertz CT molecular complexity index is 885. The Morgan fingerprint density at radius 3 is 1.87 bits per heavy atom. The van der Waals surface area contributed by atoms with Gasteiger partial charge >= 0.3 is 0 Å². The van der Waals surface area contributed by atoms with Crippen molar-refractivity contribution in [1.29, 1.82) is 0 Å². The van der Waals surface area contributed by atoms with E-state index >= 15 is 0 Å². The Labute approximate surface area is 185 Å². The molecule has 3 rings (SSSR count). The molecule has 162 valence electrons. The minimum atomic E-state index is -0.275. The van der Waals surface area contributed by atoms with Crippen LogP contribution >= 0.6 is 0 Å². The predicted molar refractivity (Wildman–Crippen MR) is 126 cm³/mol. The highest BCUT2D eigenvalue weighted by molar-refractivity contribution is 5.77. The maximum absolute atomic E-state index is 12.6. The molecule has 31 heavy (non-hydrogen) atoms. The largest absolute Gasteiger partial charge is 0.359 e. The van der Waals surface area contributed by atoms with Gasteiger partial charge in [0.15, 0.2) is 0 Å². The van der Waals surface area contributed by atoms with E-state index in [1.807, 2.05) is 66.7 Å². The molecule has 0 aromatic heterocycles. The Morgan fingerprint density at radius 1 is 0.806 bits per heavy atom. The molecular weight excluding hydrogens is 384 g/mol. The summed E-state index contributed by atoms with van der Waals surface area (Å²) < 4.78 is 6.07. The Kier molecular flexibility index (Phi) is 8.83. The van der Waals surface area contributed by atoms with Crippen molar-refractivity contribution >= 4 is 5.91 Å². The highest BCUT2D eigenvalue weighted by Gasteiger charge is 2.16. The van der Waals surface area contributed by atoms with Gasteiger partial charge in [0.1, 0.15) is 12.7 Å². The van der Waals surface area contributed by atoms with E-state index in [-0.39, 0.29) is 18.6 Å². The van der Waals surface area contributed by atoms with E-state index in [1.165, 1.54) is 5.56 Å². The predicted octanol–water partition coefficient (Wildman–Crippen LogP) is 4.95. The van der Waals surface area contributed by atoms with Gasteiger partial charge < -0.3 is 10.1 Å². The number of ether oxygens (including phenoxy) is 1. The number of hydrogen-bond acceptors (Lipinski definition) is 3. The molecule has 0 saturated carbocycles. The van der Waals surface area contributed by atoms with Crippen molar-refractivity contribution in [2.45, 2.75) is 33.0 Å². The second-order valence-corrected chi connectivity index (χ2v) is 7.52. The highest BCUT2D eigenvalue weighted by Crippen LogP contribution is 2.25. The summed E-state index contributed by atoms with van der Waals surface area (Å²) >= 11 is 0. The standard InChI is InChI=1S/C27H32N2O2/c1-3-29(4-2)20-25-18-12-11-17-24(25)19-28-26(30)21-31-27(22-13-7-5-8-14-22)23-15-9-6-10-16-23/h5-18,27H,3-4,19-21H2,1-2H3,(H,28,30). The minimum absolute atomic E-state index is 0.00661. The first kappa shape index (κ1) is 22.7. The van der Waals surface area contributed by atoms with E-state index in [4.69, 9.17) is 4.74 Å². The van der Waals surface area contributed by atoms with E-state index in [1.54, 1.807) is 0 Å². The molecule has 0 heterocycles. The lowest BCUT2D eigenvalue weighted by molar-refractivity contribution is -0.127. The van der Waals surface area contributed by atoms with Crippen LogP contribution in [0.2, 0.25) is 0 Å². The topological polar surface area (TPSA) is 41.6 Å². The van der Waals surface area contributed by atoms with Crippen LogP contribution in [-0.4, -0.2) is 30.5 Å². The molecule has 0 unspecified atom stereocenters. The minimum Gasteiger partial charge on any atom is -0.359 e. The van der Waals surface area contributed by atoms with Gasteiger partial charge in [0, 0.05) is 13.1 Å². The van der Waals surface area contributed by atoms with Gasteiger partial charge in [-0.3, -0.25) is 9.69 Å². The van der Waals surface area contributed by atoms with Crippen LogP contribution in [0.1, 0.15) is 42.2 Å². The number of hydrogen-bond donors (Lipinski definition) is 1. The summed E-state index contributed by atoms with van der Waals surface area (Å²) in [4.78, 5) is 15.0. The van der Waals surface area contributed by atoms with Crippen molar-refractivity contribution in [2.24, 2.45) is 0 Å². The van der Waals surface area contributed by atoms with Crippen molar-refractivity contribution in [3.05, 3.63) is 107 Å². The van der Waals surface area contributed by atoms with E-state index in [0.717, 1.165) is 36.3 Å². The van der Waals surface area contributed by atoms with E-state index in [0.29, 0.717) is 6.54 Å². The third kappa shape index (κ3) is 6.78. The normalized spacial score (nSPS) is 11.1. The lowest BCUT2D eigenvalue weighted by Crippen LogP contribution is -2.29. The second kappa shape index (κ2) is 12.0. The van der Waals surface area contributed by atoms with E-state index in [9.17, 15) is 4.79 Å². The average molecular weight is 417 g/mol. The molecule has 0 aliphatic rings. The fourth-order valence-electron chi connectivity index (χ4n) is 3.62. The Hall–Kier alpha value is -2.95. The van der Waals surface area contributed by atoms with Gasteiger partial charge in [0.05, 0.1) is 0 Å². The number of benzene rings is 3. The molecule has 3 aromatic carbocycles. The van der Waals surface area contributed by atoms with Crippen LogP contribution in [0.15, 0.2) is 84.9 Å². The summed E-state index contributed by atoms with van der Waals surface area (Å²) in [5, 5.41) is 3.02. The zero-order valence-corrected chi connectivity index (χ0v) is 18.5. The molecule has 0 fully saturated rings. The Morgan fingerprint density at radius 2 is 1.32 bits per heavy atom. The van der Waals surface area contributed by atoms with Crippen LogP contribution < -0.4 is 5.32 Å². The van der Waals surface area contributed by atoms with Gasteiger partial charge in [0.2, 0.25) is 5.91 Å². The molecule has 3 aromatic rings.